The van der Waals surface area contributed by atoms with Crippen LogP contribution in [-0.4, -0.2) is 59.7 Å². The number of β-lactam (4-membered cyclic amide) rings is 1. The molecule has 0 radical (unpaired) electrons. The Labute approximate surface area is 241 Å². The predicted molar refractivity (Wildman–Crippen MR) is 151 cm³/mol. The van der Waals surface area contributed by atoms with Crippen molar-refractivity contribution in [2.75, 3.05) is 19.5 Å². The van der Waals surface area contributed by atoms with E-state index in [2.05, 4.69) is 5.32 Å². The van der Waals surface area contributed by atoms with Crippen molar-refractivity contribution in [2.24, 2.45) is 0 Å². The zero-order chi connectivity index (χ0) is 28.3. The Morgan fingerprint density at radius 1 is 1.00 bits per heavy atom. The fourth-order valence-electron chi connectivity index (χ4n) is 5.07. The molecule has 6 rings (SSSR count). The van der Waals surface area contributed by atoms with Gasteiger partial charge in [-0.3, -0.25) is 14.5 Å². The molecule has 0 aromatic heterocycles. The summed E-state index contributed by atoms with van der Waals surface area (Å²) >= 11 is 1.48. The lowest BCUT2D eigenvalue weighted by atomic mass is 9.98. The number of methoxy groups -OCH3 is 1. The number of ether oxygens (including phenoxy) is 4. The smallest absolute Gasteiger partial charge is 0.355 e. The zero-order valence-electron chi connectivity index (χ0n) is 22.3. The maximum Gasteiger partial charge on any atom is 0.355 e. The number of thioether (sulfide) groups is 1. The third-order valence-corrected chi connectivity index (χ3v) is 8.49. The van der Waals surface area contributed by atoms with Gasteiger partial charge in [0.25, 0.3) is 11.8 Å². The zero-order valence-corrected chi connectivity index (χ0v) is 23.1. The minimum atomic E-state index is -0.778. The summed E-state index contributed by atoms with van der Waals surface area (Å²) < 4.78 is 22.6. The van der Waals surface area contributed by atoms with Crippen LogP contribution in [-0.2, 0) is 32.1 Å². The fraction of sp³-hybridized carbons (Fsp3) is 0.258. The molecule has 2 amide bonds. The van der Waals surface area contributed by atoms with E-state index in [9.17, 15) is 14.4 Å². The highest BCUT2D eigenvalue weighted by Gasteiger charge is 2.55. The van der Waals surface area contributed by atoms with Crippen molar-refractivity contribution in [3.05, 3.63) is 101 Å². The lowest BCUT2D eigenvalue weighted by molar-refractivity contribution is -0.153. The summed E-state index contributed by atoms with van der Waals surface area (Å²) in [6.45, 7) is -0.195. The van der Waals surface area contributed by atoms with E-state index in [1.807, 2.05) is 54.6 Å². The van der Waals surface area contributed by atoms with Crippen LogP contribution in [0.3, 0.4) is 0 Å². The number of nitrogens with zero attached hydrogens (tertiary/aromatic N) is 1. The Kier molecular flexibility index (Phi) is 7.56. The summed E-state index contributed by atoms with van der Waals surface area (Å²) in [4.78, 5) is 41.0. The van der Waals surface area contributed by atoms with E-state index in [1.54, 1.807) is 31.4 Å². The van der Waals surface area contributed by atoms with Gasteiger partial charge in [0, 0.05) is 17.7 Å². The van der Waals surface area contributed by atoms with Gasteiger partial charge in [0.2, 0.25) is 0 Å². The average molecular weight is 573 g/mol. The second-order valence-electron chi connectivity index (χ2n) is 9.77. The van der Waals surface area contributed by atoms with E-state index in [1.165, 1.54) is 16.7 Å². The second-order valence-corrected chi connectivity index (χ2v) is 10.9. The van der Waals surface area contributed by atoms with Crippen molar-refractivity contribution in [1.82, 2.24) is 10.2 Å². The van der Waals surface area contributed by atoms with Crippen LogP contribution in [0, 0.1) is 0 Å². The summed E-state index contributed by atoms with van der Waals surface area (Å²) in [5.41, 5.74) is 2.72. The van der Waals surface area contributed by atoms with Crippen molar-refractivity contribution >= 4 is 29.5 Å². The lowest BCUT2D eigenvalue weighted by Gasteiger charge is -2.50. The number of carbonyl (C=O) groups is 3. The first-order valence-electron chi connectivity index (χ1n) is 13.2. The van der Waals surface area contributed by atoms with Gasteiger partial charge < -0.3 is 24.3 Å². The van der Waals surface area contributed by atoms with E-state index in [0.29, 0.717) is 29.2 Å². The number of hydrogen-bond acceptors (Lipinski definition) is 8. The number of fused-ring (bicyclic) bond motifs is 2. The summed E-state index contributed by atoms with van der Waals surface area (Å²) in [7, 11) is 1.58. The normalized spacial score (nSPS) is 20.8. The molecule has 1 saturated heterocycles. The van der Waals surface area contributed by atoms with Crippen LogP contribution < -0.4 is 19.5 Å². The molecule has 1 fully saturated rings. The van der Waals surface area contributed by atoms with Crippen molar-refractivity contribution < 1.29 is 33.3 Å². The molecule has 3 aromatic carbocycles. The molecule has 10 heteroatoms. The molecule has 1 N–H and O–H groups in total. The molecule has 0 aliphatic carbocycles. The molecule has 9 nitrogen and oxygen atoms in total. The van der Waals surface area contributed by atoms with E-state index < -0.39 is 29.4 Å². The Hall–Kier alpha value is -4.44. The van der Waals surface area contributed by atoms with Crippen molar-refractivity contribution in [3.8, 4) is 17.2 Å². The van der Waals surface area contributed by atoms with Crippen LogP contribution in [0.1, 0.15) is 11.1 Å². The predicted octanol–water partition coefficient (Wildman–Crippen LogP) is 3.48. The SMILES string of the molecule is COc1ccc(COC(=O)C2=C([C@@H]3Cc4ccccc4O3)CS[C@@H]3[C@H](NC(=O)COc4ccccc4)C(=O)N23)cc1. The molecule has 3 aliphatic heterocycles. The van der Waals surface area contributed by atoms with Crippen molar-refractivity contribution in [3.63, 3.8) is 0 Å². The maximum atomic E-state index is 13.6. The molecule has 0 bridgehead atoms. The van der Waals surface area contributed by atoms with Gasteiger partial charge in [0.1, 0.15) is 47.1 Å². The number of amides is 2. The lowest BCUT2D eigenvalue weighted by Crippen LogP contribution is -2.71. The van der Waals surface area contributed by atoms with E-state index in [4.69, 9.17) is 18.9 Å². The van der Waals surface area contributed by atoms with Gasteiger partial charge in [-0.1, -0.05) is 48.5 Å². The Morgan fingerprint density at radius 3 is 2.51 bits per heavy atom. The minimum absolute atomic E-state index is 0.0299. The number of hydrogen-bond donors (Lipinski definition) is 1. The van der Waals surface area contributed by atoms with Crippen LogP contribution >= 0.6 is 11.8 Å². The number of carbonyl (C=O) groups excluding carboxylic acids is 3. The standard InChI is InChI=1S/C31H28N2O7S/c1-37-21-13-11-19(12-14-21)16-39-31(36)28-23(25-15-20-7-5-6-10-24(20)40-25)18-41-30-27(29(35)33(28)30)32-26(34)17-38-22-8-3-2-4-9-22/h2-14,25,27,30H,15-18H2,1H3,(H,32,34)/t25-,27+,30+/m0/s1. The average Bonchev–Trinajstić information content (AvgIpc) is 3.45. The van der Waals surface area contributed by atoms with Gasteiger partial charge >= 0.3 is 5.97 Å². The van der Waals surface area contributed by atoms with Crippen LogP contribution in [0.4, 0.5) is 0 Å². The van der Waals surface area contributed by atoms with Crippen LogP contribution in [0.5, 0.6) is 17.2 Å². The minimum Gasteiger partial charge on any atom is -0.497 e. The van der Waals surface area contributed by atoms with Gasteiger partial charge in [-0.2, -0.15) is 0 Å². The number of esters is 1. The number of benzene rings is 3. The molecule has 3 aliphatic rings. The molecule has 3 atom stereocenters. The Bertz CT molecular complexity index is 1470. The largest absolute Gasteiger partial charge is 0.497 e. The highest BCUT2D eigenvalue weighted by atomic mass is 32.2. The molecule has 0 unspecified atom stereocenters. The van der Waals surface area contributed by atoms with E-state index in [0.717, 1.165) is 16.9 Å². The third kappa shape index (κ3) is 5.47. The molecular weight excluding hydrogens is 544 g/mol. The molecule has 210 valence electrons. The fourth-order valence-corrected chi connectivity index (χ4v) is 6.48. The second kappa shape index (κ2) is 11.6. The van der Waals surface area contributed by atoms with Crippen LogP contribution in [0.2, 0.25) is 0 Å². The highest BCUT2D eigenvalue weighted by molar-refractivity contribution is 8.00. The first-order chi connectivity index (χ1) is 20.0. The maximum absolute atomic E-state index is 13.6. The Morgan fingerprint density at radius 2 is 1.76 bits per heavy atom. The number of nitrogens with one attached hydrogen (secondary N) is 1. The number of rotatable bonds is 9. The van der Waals surface area contributed by atoms with Gasteiger partial charge in [-0.05, 0) is 41.5 Å². The first kappa shape index (κ1) is 26.8. The third-order valence-electron chi connectivity index (χ3n) is 7.19. The Balaban J connectivity index is 1.19. The summed E-state index contributed by atoms with van der Waals surface area (Å²) in [5.74, 6) is 1.08. The topological polar surface area (TPSA) is 103 Å². The molecule has 41 heavy (non-hydrogen) atoms. The van der Waals surface area contributed by atoms with Crippen molar-refractivity contribution in [1.29, 1.82) is 0 Å². The van der Waals surface area contributed by atoms with E-state index >= 15 is 0 Å². The van der Waals surface area contributed by atoms with Gasteiger partial charge in [-0.15, -0.1) is 11.8 Å². The van der Waals surface area contributed by atoms with Crippen molar-refractivity contribution in [2.45, 2.75) is 30.5 Å². The number of para-hydroxylation sites is 2. The van der Waals surface area contributed by atoms with Crippen LogP contribution in [0.15, 0.2) is 90.1 Å². The van der Waals surface area contributed by atoms with Crippen LogP contribution in [0.25, 0.3) is 0 Å². The van der Waals surface area contributed by atoms with Gasteiger partial charge in [0.15, 0.2) is 6.61 Å². The summed E-state index contributed by atoms with van der Waals surface area (Å²) in [6.07, 6.45) is 0.190. The molecule has 3 aromatic rings. The highest BCUT2D eigenvalue weighted by Crippen LogP contribution is 2.44. The molecule has 3 heterocycles. The van der Waals surface area contributed by atoms with Gasteiger partial charge in [0.05, 0.1) is 7.11 Å². The summed E-state index contributed by atoms with van der Waals surface area (Å²) in [6, 6.07) is 23.1. The van der Waals surface area contributed by atoms with E-state index in [-0.39, 0.29) is 24.8 Å². The summed E-state index contributed by atoms with van der Waals surface area (Å²) in [5, 5.41) is 2.32. The monoisotopic (exact) mass is 572 g/mol. The molecule has 0 saturated carbocycles. The quantitative estimate of drug-likeness (QED) is 0.307. The molecule has 0 spiro atoms. The van der Waals surface area contributed by atoms with Gasteiger partial charge in [-0.25, -0.2) is 4.79 Å². The first-order valence-corrected chi connectivity index (χ1v) is 14.3. The molecular formula is C31H28N2O7S.